The van der Waals surface area contributed by atoms with E-state index in [9.17, 15) is 18.4 Å². The summed E-state index contributed by atoms with van der Waals surface area (Å²) in [5.41, 5.74) is 2.29. The Morgan fingerprint density at radius 2 is 1.70 bits per heavy atom. The standard InChI is InChI=1S/C23H26ClN2O6S/c24-19-7-3-17(4-8-19)15-26(14-16-1-5-18(6-2-16)23(27)25-28)33(29,30)20-9-10-21-22(13-20)32-12-11-31-21/h3-4,7-10,13,16,18H,1-2,5-6,11-12,14-15H2,(H-,25,27,28)/q-1. The van der Waals surface area contributed by atoms with Gasteiger partial charge in [-0.3, -0.25) is 4.79 Å². The smallest absolute Gasteiger partial charge is 0.243 e. The lowest BCUT2D eigenvalue weighted by atomic mass is 9.81. The summed E-state index contributed by atoms with van der Waals surface area (Å²) in [6.45, 7) is 1.29. The molecule has 8 nitrogen and oxygen atoms in total. The number of carbonyl (C=O) groups is 1. The summed E-state index contributed by atoms with van der Waals surface area (Å²) in [4.78, 5) is 11.8. The van der Waals surface area contributed by atoms with Crippen molar-refractivity contribution in [1.29, 1.82) is 0 Å². The molecule has 2 aliphatic rings. The van der Waals surface area contributed by atoms with Crippen molar-refractivity contribution >= 4 is 27.5 Å². The highest BCUT2D eigenvalue weighted by Gasteiger charge is 2.32. The van der Waals surface area contributed by atoms with E-state index in [2.05, 4.69) is 0 Å². The number of fused-ring (bicyclic) bond motifs is 1. The van der Waals surface area contributed by atoms with Gasteiger partial charge in [-0.2, -0.15) is 4.31 Å². The number of ether oxygens (including phenoxy) is 2. The number of hydrogen-bond acceptors (Lipinski definition) is 6. The summed E-state index contributed by atoms with van der Waals surface area (Å²) in [5.74, 6) is 0.227. The van der Waals surface area contributed by atoms with Gasteiger partial charge < -0.3 is 20.2 Å². The molecule has 178 valence electrons. The maximum Gasteiger partial charge on any atom is 0.243 e. The fourth-order valence-electron chi connectivity index (χ4n) is 4.35. The lowest BCUT2D eigenvalue weighted by molar-refractivity contribution is -0.125. The van der Waals surface area contributed by atoms with Crippen molar-refractivity contribution < 1.29 is 22.7 Å². The Bertz CT molecular complexity index is 1080. The van der Waals surface area contributed by atoms with Gasteiger partial charge in [0.2, 0.25) is 15.9 Å². The second-order valence-corrected chi connectivity index (χ2v) is 10.8. The average Bonchev–Trinajstić information content (AvgIpc) is 2.84. The van der Waals surface area contributed by atoms with Crippen LogP contribution >= 0.6 is 11.6 Å². The maximum atomic E-state index is 13.7. The molecule has 1 heterocycles. The molecule has 1 saturated carbocycles. The van der Waals surface area contributed by atoms with E-state index in [1.165, 1.54) is 21.9 Å². The minimum Gasteiger partial charge on any atom is -0.759 e. The van der Waals surface area contributed by atoms with Crippen molar-refractivity contribution in [3.8, 4) is 11.5 Å². The summed E-state index contributed by atoms with van der Waals surface area (Å²) in [5, 5.41) is 11.3. The second kappa shape index (κ2) is 10.3. The van der Waals surface area contributed by atoms with Gasteiger partial charge in [0.1, 0.15) is 13.2 Å². The van der Waals surface area contributed by atoms with E-state index in [4.69, 9.17) is 21.1 Å². The van der Waals surface area contributed by atoms with E-state index in [1.807, 2.05) is 12.1 Å². The molecule has 1 aliphatic carbocycles. The van der Waals surface area contributed by atoms with Gasteiger partial charge in [0.15, 0.2) is 11.5 Å². The van der Waals surface area contributed by atoms with E-state index in [1.54, 1.807) is 18.2 Å². The number of hydroxylamine groups is 1. The van der Waals surface area contributed by atoms with Gasteiger partial charge in [-0.15, -0.1) is 0 Å². The zero-order valence-electron chi connectivity index (χ0n) is 18.0. The third kappa shape index (κ3) is 5.60. The Balaban J connectivity index is 1.57. The van der Waals surface area contributed by atoms with E-state index in [-0.39, 0.29) is 23.3 Å². The first kappa shape index (κ1) is 23.8. The molecule has 0 unspecified atom stereocenters. The van der Waals surface area contributed by atoms with Crippen LogP contribution in [0.3, 0.4) is 0 Å². The summed E-state index contributed by atoms with van der Waals surface area (Å²) in [6, 6.07) is 11.8. The Kier molecular flexibility index (Phi) is 7.43. The molecule has 1 fully saturated rings. The zero-order chi connectivity index (χ0) is 23.4. The largest absolute Gasteiger partial charge is 0.759 e. The number of carbonyl (C=O) groups excluding carboxylic acids is 1. The lowest BCUT2D eigenvalue weighted by Crippen LogP contribution is -2.37. The average molecular weight is 494 g/mol. The Morgan fingerprint density at radius 3 is 2.36 bits per heavy atom. The molecule has 1 aliphatic heterocycles. The Morgan fingerprint density at radius 1 is 1.03 bits per heavy atom. The van der Waals surface area contributed by atoms with E-state index in [0.29, 0.717) is 62.0 Å². The molecule has 10 heteroatoms. The van der Waals surface area contributed by atoms with Crippen molar-refractivity contribution in [2.24, 2.45) is 11.8 Å². The highest BCUT2D eigenvalue weighted by Crippen LogP contribution is 2.35. The number of benzene rings is 2. The predicted molar refractivity (Wildman–Crippen MR) is 123 cm³/mol. The van der Waals surface area contributed by atoms with Crippen LogP contribution in [-0.2, 0) is 21.4 Å². The second-order valence-electron chi connectivity index (χ2n) is 8.41. The van der Waals surface area contributed by atoms with Crippen LogP contribution in [0.1, 0.15) is 31.2 Å². The molecule has 0 spiro atoms. The number of rotatable bonds is 7. The number of sulfonamides is 1. The molecule has 0 aromatic heterocycles. The highest BCUT2D eigenvalue weighted by molar-refractivity contribution is 7.89. The van der Waals surface area contributed by atoms with Crippen LogP contribution in [0.2, 0.25) is 5.02 Å². The SMILES string of the molecule is O=C(N[O-])C1CCC(CN(Cc2ccc(Cl)cc2)S(=O)(=O)c2ccc3c(c2)OCCO3)CC1. The van der Waals surface area contributed by atoms with Gasteiger partial charge in [0, 0.05) is 30.1 Å². The summed E-state index contributed by atoms with van der Waals surface area (Å²) >= 11 is 6.00. The Labute approximate surface area is 198 Å². The highest BCUT2D eigenvalue weighted by atomic mass is 35.5. The fourth-order valence-corrected chi connectivity index (χ4v) is 6.00. The van der Waals surface area contributed by atoms with E-state index < -0.39 is 15.9 Å². The van der Waals surface area contributed by atoms with Gasteiger partial charge in [0.05, 0.1) is 4.90 Å². The van der Waals surface area contributed by atoms with Crippen LogP contribution < -0.4 is 15.0 Å². The van der Waals surface area contributed by atoms with Crippen LogP contribution in [0.5, 0.6) is 11.5 Å². The van der Waals surface area contributed by atoms with Crippen LogP contribution in [0.25, 0.3) is 0 Å². The maximum absolute atomic E-state index is 13.7. The van der Waals surface area contributed by atoms with Crippen molar-refractivity contribution in [3.05, 3.63) is 58.3 Å². The number of amides is 1. The first-order valence-electron chi connectivity index (χ1n) is 10.9. The van der Waals surface area contributed by atoms with Crippen LogP contribution in [-0.4, -0.2) is 38.4 Å². The van der Waals surface area contributed by atoms with Crippen molar-refractivity contribution in [3.63, 3.8) is 0 Å². The van der Waals surface area contributed by atoms with Crippen LogP contribution in [0, 0.1) is 17.0 Å². The summed E-state index contributed by atoms with van der Waals surface area (Å²) in [7, 11) is -3.84. The normalized spacial score (nSPS) is 20.5. The van der Waals surface area contributed by atoms with Crippen LogP contribution in [0.4, 0.5) is 0 Å². The van der Waals surface area contributed by atoms with Crippen LogP contribution in [0.15, 0.2) is 47.4 Å². The van der Waals surface area contributed by atoms with Crippen molar-refractivity contribution in [2.75, 3.05) is 19.8 Å². The predicted octanol–water partition coefficient (Wildman–Crippen LogP) is 3.72. The molecule has 0 bridgehead atoms. The summed E-state index contributed by atoms with van der Waals surface area (Å²) < 4.78 is 39.9. The quantitative estimate of drug-likeness (QED) is 0.589. The number of nitrogens with one attached hydrogen (secondary N) is 1. The fraction of sp³-hybridized carbons (Fsp3) is 0.435. The summed E-state index contributed by atoms with van der Waals surface area (Å²) in [6.07, 6.45) is 2.48. The number of nitrogens with zero attached hydrogens (tertiary/aromatic N) is 1. The molecule has 0 radical (unpaired) electrons. The Hall–Kier alpha value is -2.33. The first-order chi connectivity index (χ1) is 15.9. The third-order valence-electron chi connectivity index (χ3n) is 6.20. The first-order valence-corrected chi connectivity index (χ1v) is 12.7. The lowest BCUT2D eigenvalue weighted by Gasteiger charge is -2.32. The van der Waals surface area contributed by atoms with Crippen molar-refractivity contribution in [1.82, 2.24) is 9.79 Å². The molecular weight excluding hydrogens is 468 g/mol. The topological polar surface area (TPSA) is 108 Å². The third-order valence-corrected chi connectivity index (χ3v) is 8.26. The minimum atomic E-state index is -3.84. The molecule has 1 amide bonds. The molecule has 0 atom stereocenters. The van der Waals surface area contributed by atoms with Gasteiger partial charge in [-0.25, -0.2) is 8.42 Å². The van der Waals surface area contributed by atoms with Gasteiger partial charge >= 0.3 is 0 Å². The number of hydrogen-bond donors (Lipinski definition) is 1. The molecule has 2 aromatic rings. The molecule has 4 rings (SSSR count). The number of halogens is 1. The molecule has 33 heavy (non-hydrogen) atoms. The molecular formula is C23H26ClN2O6S-. The molecule has 0 saturated heterocycles. The van der Waals surface area contributed by atoms with E-state index in [0.717, 1.165) is 5.56 Å². The molecule has 1 N–H and O–H groups in total. The monoisotopic (exact) mass is 493 g/mol. The molecule has 2 aromatic carbocycles. The van der Waals surface area contributed by atoms with Crippen molar-refractivity contribution in [2.45, 2.75) is 37.1 Å². The van der Waals surface area contributed by atoms with Gasteiger partial charge in [-0.05, 0) is 61.4 Å². The van der Waals surface area contributed by atoms with E-state index >= 15 is 0 Å². The van der Waals surface area contributed by atoms with Gasteiger partial charge in [-0.1, -0.05) is 23.7 Å². The zero-order valence-corrected chi connectivity index (χ0v) is 19.6. The van der Waals surface area contributed by atoms with Gasteiger partial charge in [0.25, 0.3) is 0 Å². The minimum absolute atomic E-state index is 0.0833.